The third-order valence-electron chi connectivity index (χ3n) is 4.81. The number of Topliss-reactive ketones (excluding diaryl/α,β-unsaturated/α-hetero) is 1. The first-order valence-corrected chi connectivity index (χ1v) is 7.25. The summed E-state index contributed by atoms with van der Waals surface area (Å²) in [5, 5.41) is 0. The normalized spacial score (nSPS) is 22.9. The molecule has 1 saturated carbocycles. The molecule has 2 nitrogen and oxygen atoms in total. The van der Waals surface area contributed by atoms with Crippen molar-refractivity contribution < 1.29 is 9.53 Å². The second-order valence-electron chi connectivity index (χ2n) is 6.98. The van der Waals surface area contributed by atoms with Crippen LogP contribution < -0.4 is 4.74 Å². The van der Waals surface area contributed by atoms with Crippen molar-refractivity contribution in [1.82, 2.24) is 0 Å². The highest BCUT2D eigenvalue weighted by molar-refractivity contribution is 6.00. The standard InChI is InChI=1S/C17H22O2/c1-16(2)11-19-14-7-6-12(10-13(14)16)15(18)17(3)8-4-5-9-17/h6-7,10H,4-5,8-9,11H2,1-3H3. The molecular formula is C17H22O2. The van der Waals surface area contributed by atoms with E-state index in [1.54, 1.807) is 0 Å². The first-order valence-electron chi connectivity index (χ1n) is 7.25. The topological polar surface area (TPSA) is 26.3 Å². The second kappa shape index (κ2) is 4.09. The summed E-state index contributed by atoms with van der Waals surface area (Å²) < 4.78 is 5.69. The zero-order valence-corrected chi connectivity index (χ0v) is 12.1. The molecule has 0 N–H and O–H groups in total. The first kappa shape index (κ1) is 12.7. The lowest BCUT2D eigenvalue weighted by atomic mass is 9.79. The Morgan fingerprint density at radius 3 is 2.53 bits per heavy atom. The number of hydrogen-bond acceptors (Lipinski definition) is 2. The maximum atomic E-state index is 12.7. The van der Waals surface area contributed by atoms with Gasteiger partial charge in [0, 0.05) is 22.0 Å². The van der Waals surface area contributed by atoms with Gasteiger partial charge in [-0.25, -0.2) is 0 Å². The van der Waals surface area contributed by atoms with Crippen molar-refractivity contribution in [1.29, 1.82) is 0 Å². The minimum absolute atomic E-state index is 0.0161. The predicted molar refractivity (Wildman–Crippen MR) is 75.9 cm³/mol. The Balaban J connectivity index is 1.97. The van der Waals surface area contributed by atoms with Gasteiger partial charge in [-0.3, -0.25) is 4.79 Å². The molecule has 1 aromatic rings. The summed E-state index contributed by atoms with van der Waals surface area (Å²) in [6.45, 7) is 7.17. The molecule has 0 radical (unpaired) electrons. The van der Waals surface area contributed by atoms with Gasteiger partial charge in [0.1, 0.15) is 5.75 Å². The van der Waals surface area contributed by atoms with E-state index in [4.69, 9.17) is 4.74 Å². The van der Waals surface area contributed by atoms with Crippen LogP contribution in [0.3, 0.4) is 0 Å². The van der Waals surface area contributed by atoms with Gasteiger partial charge in [-0.1, -0.05) is 33.6 Å². The SMILES string of the molecule is CC1(C(=O)c2ccc3c(c2)C(C)(C)CO3)CCCC1. The van der Waals surface area contributed by atoms with Gasteiger partial charge >= 0.3 is 0 Å². The van der Waals surface area contributed by atoms with E-state index < -0.39 is 0 Å². The fraction of sp³-hybridized carbons (Fsp3) is 0.588. The Labute approximate surface area is 115 Å². The summed E-state index contributed by atoms with van der Waals surface area (Å²) in [7, 11) is 0. The average molecular weight is 258 g/mol. The third kappa shape index (κ3) is 1.98. The van der Waals surface area contributed by atoms with Gasteiger partial charge in [0.05, 0.1) is 6.61 Å². The molecule has 0 saturated heterocycles. The number of benzene rings is 1. The lowest BCUT2D eigenvalue weighted by molar-refractivity contribution is 0.0823. The number of ketones is 1. The van der Waals surface area contributed by atoms with Crippen molar-refractivity contribution in [2.75, 3.05) is 6.61 Å². The fourth-order valence-electron chi connectivity index (χ4n) is 3.39. The van der Waals surface area contributed by atoms with Gasteiger partial charge in [-0.15, -0.1) is 0 Å². The maximum Gasteiger partial charge on any atom is 0.168 e. The fourth-order valence-corrected chi connectivity index (χ4v) is 3.39. The minimum Gasteiger partial charge on any atom is -0.492 e. The van der Waals surface area contributed by atoms with E-state index in [0.29, 0.717) is 12.4 Å². The van der Waals surface area contributed by atoms with E-state index in [1.165, 1.54) is 18.4 Å². The van der Waals surface area contributed by atoms with Crippen molar-refractivity contribution in [3.8, 4) is 5.75 Å². The molecule has 1 aliphatic heterocycles. The highest BCUT2D eigenvalue weighted by atomic mass is 16.5. The van der Waals surface area contributed by atoms with Crippen LogP contribution in [0.25, 0.3) is 0 Å². The van der Waals surface area contributed by atoms with Gasteiger partial charge < -0.3 is 4.74 Å². The molecule has 2 aliphatic rings. The van der Waals surface area contributed by atoms with Crippen molar-refractivity contribution >= 4 is 5.78 Å². The number of carbonyl (C=O) groups is 1. The van der Waals surface area contributed by atoms with Crippen LogP contribution >= 0.6 is 0 Å². The Hall–Kier alpha value is -1.31. The maximum absolute atomic E-state index is 12.7. The van der Waals surface area contributed by atoms with Crippen LogP contribution in [0.5, 0.6) is 5.75 Å². The number of carbonyl (C=O) groups excluding carboxylic acids is 1. The zero-order valence-electron chi connectivity index (χ0n) is 12.1. The summed E-state index contributed by atoms with van der Waals surface area (Å²) in [6.07, 6.45) is 4.43. The molecule has 19 heavy (non-hydrogen) atoms. The number of rotatable bonds is 2. The first-order chi connectivity index (χ1) is 8.92. The lowest BCUT2D eigenvalue weighted by Gasteiger charge is -2.23. The van der Waals surface area contributed by atoms with Gasteiger partial charge in [0.25, 0.3) is 0 Å². The quantitative estimate of drug-likeness (QED) is 0.746. The molecule has 0 unspecified atom stereocenters. The van der Waals surface area contributed by atoms with Crippen LogP contribution in [0.1, 0.15) is 62.4 Å². The molecule has 1 heterocycles. The second-order valence-corrected chi connectivity index (χ2v) is 6.98. The monoisotopic (exact) mass is 258 g/mol. The van der Waals surface area contributed by atoms with Crippen LogP contribution in [0.2, 0.25) is 0 Å². The summed E-state index contributed by atoms with van der Waals surface area (Å²) in [6, 6.07) is 5.97. The van der Waals surface area contributed by atoms with Gasteiger partial charge in [-0.05, 0) is 31.0 Å². The molecule has 0 spiro atoms. The Bertz CT molecular complexity index is 522. The highest BCUT2D eigenvalue weighted by Gasteiger charge is 2.38. The zero-order chi connectivity index (χ0) is 13.7. The molecule has 0 aromatic heterocycles. The number of ether oxygens (including phenoxy) is 1. The van der Waals surface area contributed by atoms with Gasteiger partial charge in [0.15, 0.2) is 5.78 Å². The molecule has 1 aliphatic carbocycles. The van der Waals surface area contributed by atoms with Crippen molar-refractivity contribution in [3.63, 3.8) is 0 Å². The van der Waals surface area contributed by atoms with Crippen molar-refractivity contribution in [2.24, 2.45) is 5.41 Å². The lowest BCUT2D eigenvalue weighted by Crippen LogP contribution is -2.25. The van der Waals surface area contributed by atoms with Crippen molar-refractivity contribution in [3.05, 3.63) is 29.3 Å². The van der Waals surface area contributed by atoms with E-state index in [-0.39, 0.29) is 10.8 Å². The van der Waals surface area contributed by atoms with Crippen LogP contribution in [0, 0.1) is 5.41 Å². The van der Waals surface area contributed by atoms with Gasteiger partial charge in [0.2, 0.25) is 0 Å². The smallest absolute Gasteiger partial charge is 0.168 e. The highest BCUT2D eigenvalue weighted by Crippen LogP contribution is 2.43. The summed E-state index contributed by atoms with van der Waals surface area (Å²) in [4.78, 5) is 12.7. The van der Waals surface area contributed by atoms with Crippen LogP contribution in [0.15, 0.2) is 18.2 Å². The molecule has 0 atom stereocenters. The Morgan fingerprint density at radius 2 is 1.84 bits per heavy atom. The number of hydrogen-bond donors (Lipinski definition) is 0. The summed E-state index contributed by atoms with van der Waals surface area (Å²) in [5.41, 5.74) is 1.92. The Morgan fingerprint density at radius 1 is 1.16 bits per heavy atom. The molecule has 1 aromatic carbocycles. The molecule has 2 heteroatoms. The summed E-state index contributed by atoms with van der Waals surface area (Å²) >= 11 is 0. The van der Waals surface area contributed by atoms with Crippen LogP contribution in [-0.2, 0) is 5.41 Å². The predicted octanol–water partition coefficient (Wildman–Crippen LogP) is 4.12. The third-order valence-corrected chi connectivity index (χ3v) is 4.81. The molecule has 3 rings (SSSR count). The van der Waals surface area contributed by atoms with E-state index in [9.17, 15) is 4.79 Å². The van der Waals surface area contributed by atoms with E-state index in [1.807, 2.05) is 12.1 Å². The molecular weight excluding hydrogens is 236 g/mol. The summed E-state index contributed by atoms with van der Waals surface area (Å²) in [5.74, 6) is 1.26. The molecule has 0 bridgehead atoms. The van der Waals surface area contributed by atoms with E-state index in [2.05, 4.69) is 26.8 Å². The molecule has 1 fully saturated rings. The Kier molecular flexibility index (Phi) is 2.74. The minimum atomic E-state index is -0.141. The average Bonchev–Trinajstić information content (AvgIpc) is 2.94. The van der Waals surface area contributed by atoms with Crippen LogP contribution in [0.4, 0.5) is 0 Å². The van der Waals surface area contributed by atoms with Crippen molar-refractivity contribution in [2.45, 2.75) is 51.9 Å². The van der Waals surface area contributed by atoms with Crippen LogP contribution in [-0.4, -0.2) is 12.4 Å². The van der Waals surface area contributed by atoms with Gasteiger partial charge in [-0.2, -0.15) is 0 Å². The molecule has 0 amide bonds. The van der Waals surface area contributed by atoms with E-state index >= 15 is 0 Å². The molecule has 102 valence electrons. The number of fused-ring (bicyclic) bond motifs is 1. The largest absolute Gasteiger partial charge is 0.492 e. The van der Waals surface area contributed by atoms with E-state index in [0.717, 1.165) is 24.2 Å².